The molecule has 1 heterocycles. The molecular formula is C12H14FN3O3S. The molecule has 3 N–H and O–H groups in total. The van der Waals surface area contributed by atoms with Gasteiger partial charge in [0.1, 0.15) is 10.7 Å². The summed E-state index contributed by atoms with van der Waals surface area (Å²) in [5.74, 6) is -0.510. The summed E-state index contributed by atoms with van der Waals surface area (Å²) in [6, 6.07) is 3.77. The minimum Gasteiger partial charge on any atom is -0.398 e. The summed E-state index contributed by atoms with van der Waals surface area (Å²) in [4.78, 5) is -0.489. The molecule has 108 valence electrons. The number of hydrogen-bond acceptors (Lipinski definition) is 5. The van der Waals surface area contributed by atoms with Crippen LogP contribution in [0.5, 0.6) is 0 Å². The van der Waals surface area contributed by atoms with Crippen LogP contribution in [-0.2, 0) is 16.6 Å². The number of aryl methyl sites for hydroxylation is 2. The molecule has 0 spiro atoms. The highest BCUT2D eigenvalue weighted by Gasteiger charge is 2.20. The van der Waals surface area contributed by atoms with E-state index in [1.54, 1.807) is 19.9 Å². The number of rotatable bonds is 4. The van der Waals surface area contributed by atoms with Gasteiger partial charge in [-0.05, 0) is 31.5 Å². The van der Waals surface area contributed by atoms with Crippen LogP contribution in [0, 0.1) is 19.7 Å². The topological polar surface area (TPSA) is 98.2 Å². The van der Waals surface area contributed by atoms with Gasteiger partial charge in [0.15, 0.2) is 5.76 Å². The van der Waals surface area contributed by atoms with Gasteiger partial charge in [0.2, 0.25) is 10.0 Å². The zero-order valence-corrected chi connectivity index (χ0v) is 11.8. The largest absolute Gasteiger partial charge is 0.398 e. The van der Waals surface area contributed by atoms with Crippen LogP contribution in [0.2, 0.25) is 0 Å². The molecule has 1 aromatic carbocycles. The van der Waals surface area contributed by atoms with Crippen LogP contribution in [0.3, 0.4) is 0 Å². The summed E-state index contributed by atoms with van der Waals surface area (Å²) in [6.07, 6.45) is 0. The van der Waals surface area contributed by atoms with E-state index in [0.29, 0.717) is 17.0 Å². The molecule has 1 aromatic heterocycles. The van der Waals surface area contributed by atoms with Crippen molar-refractivity contribution in [3.05, 3.63) is 41.0 Å². The van der Waals surface area contributed by atoms with E-state index >= 15 is 0 Å². The lowest BCUT2D eigenvalue weighted by Gasteiger charge is -2.08. The van der Waals surface area contributed by atoms with E-state index in [0.717, 1.165) is 12.1 Å². The van der Waals surface area contributed by atoms with Crippen LogP contribution < -0.4 is 10.5 Å². The maximum atomic E-state index is 13.7. The first kappa shape index (κ1) is 14.5. The van der Waals surface area contributed by atoms with Gasteiger partial charge >= 0.3 is 0 Å². The van der Waals surface area contributed by atoms with Crippen LogP contribution in [0.4, 0.5) is 10.1 Å². The van der Waals surface area contributed by atoms with Crippen molar-refractivity contribution in [2.24, 2.45) is 0 Å². The highest BCUT2D eigenvalue weighted by molar-refractivity contribution is 7.89. The molecule has 6 nitrogen and oxygen atoms in total. The second-order valence-electron chi connectivity index (χ2n) is 4.40. The number of sulfonamides is 1. The molecule has 20 heavy (non-hydrogen) atoms. The lowest BCUT2D eigenvalue weighted by atomic mass is 10.2. The van der Waals surface area contributed by atoms with E-state index in [1.165, 1.54) is 0 Å². The minimum atomic E-state index is -4.01. The number of hydrogen-bond donors (Lipinski definition) is 2. The highest BCUT2D eigenvalue weighted by atomic mass is 32.2. The van der Waals surface area contributed by atoms with Gasteiger partial charge in [0, 0.05) is 11.8 Å². The van der Waals surface area contributed by atoms with Crippen molar-refractivity contribution in [1.82, 2.24) is 9.88 Å². The predicted octanol–water partition coefficient (Wildman–Crippen LogP) is 1.49. The molecule has 0 atom stereocenters. The summed E-state index contributed by atoms with van der Waals surface area (Å²) in [5, 5.41) is 3.63. The zero-order valence-electron chi connectivity index (χ0n) is 11.0. The lowest BCUT2D eigenvalue weighted by Crippen LogP contribution is -2.24. The molecule has 0 unspecified atom stereocenters. The average Bonchev–Trinajstić information content (AvgIpc) is 2.77. The summed E-state index contributed by atoms with van der Waals surface area (Å²) >= 11 is 0. The monoisotopic (exact) mass is 299 g/mol. The van der Waals surface area contributed by atoms with Crippen LogP contribution in [-0.4, -0.2) is 13.6 Å². The van der Waals surface area contributed by atoms with Gasteiger partial charge in [0.05, 0.1) is 12.2 Å². The third-order valence-corrected chi connectivity index (χ3v) is 4.14. The number of nitrogens with one attached hydrogen (secondary N) is 1. The van der Waals surface area contributed by atoms with Crippen molar-refractivity contribution in [3.8, 4) is 0 Å². The molecule has 0 bridgehead atoms. The number of nitrogen functional groups attached to an aromatic ring is 1. The molecule has 2 rings (SSSR count). The van der Waals surface area contributed by atoms with Crippen molar-refractivity contribution in [1.29, 1.82) is 0 Å². The van der Waals surface area contributed by atoms with Gasteiger partial charge in [-0.1, -0.05) is 5.16 Å². The van der Waals surface area contributed by atoms with E-state index in [1.807, 2.05) is 0 Å². The van der Waals surface area contributed by atoms with Crippen LogP contribution >= 0.6 is 0 Å². The van der Waals surface area contributed by atoms with Crippen LogP contribution in [0.25, 0.3) is 0 Å². The van der Waals surface area contributed by atoms with Gasteiger partial charge in [-0.15, -0.1) is 0 Å². The molecule has 8 heteroatoms. The quantitative estimate of drug-likeness (QED) is 0.833. The Morgan fingerprint density at radius 1 is 1.35 bits per heavy atom. The van der Waals surface area contributed by atoms with Gasteiger partial charge < -0.3 is 10.3 Å². The molecule has 0 aliphatic carbocycles. The van der Waals surface area contributed by atoms with Gasteiger partial charge in [-0.3, -0.25) is 0 Å². The van der Waals surface area contributed by atoms with E-state index in [4.69, 9.17) is 10.3 Å². The summed E-state index contributed by atoms with van der Waals surface area (Å²) in [6.45, 7) is 3.19. The Bertz CT molecular complexity index is 740. The van der Waals surface area contributed by atoms with Gasteiger partial charge in [0.25, 0.3) is 0 Å². The number of halogens is 1. The molecule has 0 saturated carbocycles. The molecule has 0 radical (unpaired) electrons. The maximum Gasteiger partial charge on any atom is 0.243 e. The molecule has 0 fully saturated rings. The fourth-order valence-electron chi connectivity index (χ4n) is 1.62. The summed E-state index contributed by atoms with van der Waals surface area (Å²) in [5.41, 5.74) is 6.93. The number of aromatic nitrogens is 1. The summed E-state index contributed by atoms with van der Waals surface area (Å²) < 4.78 is 44.9. The van der Waals surface area contributed by atoms with E-state index < -0.39 is 20.7 Å². The fraction of sp³-hybridized carbons (Fsp3) is 0.250. The zero-order chi connectivity index (χ0) is 14.9. The number of nitrogens with zero attached hydrogens (tertiary/aromatic N) is 1. The van der Waals surface area contributed by atoms with Crippen molar-refractivity contribution < 1.29 is 17.3 Å². The van der Waals surface area contributed by atoms with E-state index in [2.05, 4.69) is 9.88 Å². The third kappa shape index (κ3) is 2.97. The van der Waals surface area contributed by atoms with Gasteiger partial charge in [-0.2, -0.15) is 0 Å². The first-order chi connectivity index (χ1) is 9.29. The number of benzene rings is 1. The van der Waals surface area contributed by atoms with Crippen molar-refractivity contribution >= 4 is 15.7 Å². The standard InChI is InChI=1S/C12H14FN3O3S/c1-7-3-10(13)12(5-11(7)14)20(17,18)15-6-9-4-8(2)16-19-9/h3-5,15H,6,14H2,1-2H3. The van der Waals surface area contributed by atoms with Crippen molar-refractivity contribution in [3.63, 3.8) is 0 Å². The van der Waals surface area contributed by atoms with Crippen molar-refractivity contribution in [2.45, 2.75) is 25.3 Å². The Labute approximate surface area is 115 Å². The highest BCUT2D eigenvalue weighted by Crippen LogP contribution is 2.21. The Morgan fingerprint density at radius 3 is 2.65 bits per heavy atom. The van der Waals surface area contributed by atoms with E-state index in [9.17, 15) is 12.8 Å². The Hall–Kier alpha value is -1.93. The Kier molecular flexibility index (Phi) is 3.78. The first-order valence-electron chi connectivity index (χ1n) is 5.77. The third-order valence-electron chi connectivity index (χ3n) is 2.72. The molecular weight excluding hydrogens is 285 g/mol. The Balaban J connectivity index is 2.24. The maximum absolute atomic E-state index is 13.7. The van der Waals surface area contributed by atoms with Crippen molar-refractivity contribution in [2.75, 3.05) is 5.73 Å². The molecule has 0 aliphatic heterocycles. The lowest BCUT2D eigenvalue weighted by molar-refractivity contribution is 0.377. The molecule has 0 saturated heterocycles. The normalized spacial score (nSPS) is 11.8. The predicted molar refractivity (Wildman–Crippen MR) is 70.8 cm³/mol. The number of anilines is 1. The number of nitrogens with two attached hydrogens (primary N) is 1. The van der Waals surface area contributed by atoms with E-state index in [-0.39, 0.29) is 12.2 Å². The van der Waals surface area contributed by atoms with Gasteiger partial charge in [-0.25, -0.2) is 17.5 Å². The average molecular weight is 299 g/mol. The second kappa shape index (κ2) is 5.22. The molecule has 0 aliphatic rings. The molecule has 0 amide bonds. The second-order valence-corrected chi connectivity index (χ2v) is 6.13. The first-order valence-corrected chi connectivity index (χ1v) is 7.25. The van der Waals surface area contributed by atoms with Crippen LogP contribution in [0.15, 0.2) is 27.6 Å². The smallest absolute Gasteiger partial charge is 0.243 e. The minimum absolute atomic E-state index is 0.115. The summed E-state index contributed by atoms with van der Waals surface area (Å²) in [7, 11) is -4.01. The molecule has 2 aromatic rings. The fourth-order valence-corrected chi connectivity index (χ4v) is 2.70. The SMILES string of the molecule is Cc1cc(CNS(=O)(=O)c2cc(N)c(C)cc2F)on1. The Morgan fingerprint density at radius 2 is 2.05 bits per heavy atom. The van der Waals surface area contributed by atoms with Crippen LogP contribution in [0.1, 0.15) is 17.0 Å².